The Morgan fingerprint density at radius 1 is 0.964 bits per heavy atom. The molecule has 1 N–H and O–H groups in total. The van der Waals surface area contributed by atoms with Crippen molar-refractivity contribution in [3.63, 3.8) is 0 Å². The first-order valence-electron chi connectivity index (χ1n) is 8.83. The van der Waals surface area contributed by atoms with Gasteiger partial charge in [0.05, 0.1) is 5.69 Å². The quantitative estimate of drug-likeness (QED) is 0.574. The smallest absolute Gasteiger partial charge is 0.255 e. The Morgan fingerprint density at radius 2 is 1.68 bits per heavy atom. The minimum Gasteiger partial charge on any atom is -0.378 e. The molecule has 4 aromatic rings. The Balaban J connectivity index is 1.50. The van der Waals surface area contributed by atoms with Crippen LogP contribution in [0.5, 0.6) is 0 Å². The maximum Gasteiger partial charge on any atom is 0.255 e. The van der Waals surface area contributed by atoms with Crippen LogP contribution in [0.3, 0.4) is 0 Å². The number of hydrogen-bond acceptors (Lipinski definition) is 3. The Bertz CT molecular complexity index is 1130. The number of carbonyl (C=O) groups excluding carboxylic acids is 1. The van der Waals surface area contributed by atoms with Gasteiger partial charge >= 0.3 is 0 Å². The van der Waals surface area contributed by atoms with Gasteiger partial charge in [-0.05, 0) is 48.5 Å². The first-order valence-corrected chi connectivity index (χ1v) is 8.83. The predicted octanol–water partition coefficient (Wildman–Crippen LogP) is 4.46. The molecule has 2 aromatic carbocycles. The normalized spacial score (nSPS) is 10.8. The molecule has 0 unspecified atom stereocenters. The van der Waals surface area contributed by atoms with Crippen molar-refractivity contribution in [2.45, 2.75) is 0 Å². The average Bonchev–Trinajstić information content (AvgIpc) is 3.11. The van der Waals surface area contributed by atoms with Crippen molar-refractivity contribution in [2.75, 3.05) is 24.3 Å². The lowest BCUT2D eigenvalue weighted by atomic mass is 10.1. The number of carbonyl (C=O) groups is 1. The van der Waals surface area contributed by atoms with E-state index in [0.29, 0.717) is 16.9 Å². The van der Waals surface area contributed by atoms with Crippen LogP contribution in [0.25, 0.3) is 16.9 Å². The zero-order valence-electron chi connectivity index (χ0n) is 15.6. The molecular formula is C22H19FN4O. The van der Waals surface area contributed by atoms with Gasteiger partial charge in [-0.2, -0.15) is 0 Å². The van der Waals surface area contributed by atoms with Crippen molar-refractivity contribution < 1.29 is 9.18 Å². The molecule has 0 saturated heterocycles. The van der Waals surface area contributed by atoms with Crippen LogP contribution in [0.2, 0.25) is 0 Å². The third kappa shape index (κ3) is 3.57. The van der Waals surface area contributed by atoms with Crippen LogP contribution >= 0.6 is 0 Å². The number of aromatic nitrogens is 2. The van der Waals surface area contributed by atoms with Gasteiger partial charge in [0.1, 0.15) is 11.5 Å². The summed E-state index contributed by atoms with van der Waals surface area (Å²) in [5.41, 5.74) is 4.63. The van der Waals surface area contributed by atoms with E-state index in [1.54, 1.807) is 28.8 Å². The van der Waals surface area contributed by atoms with Crippen molar-refractivity contribution in [1.82, 2.24) is 9.38 Å². The molecule has 6 heteroatoms. The number of fused-ring (bicyclic) bond motifs is 1. The van der Waals surface area contributed by atoms with Gasteiger partial charge < -0.3 is 14.6 Å². The van der Waals surface area contributed by atoms with Crippen LogP contribution in [0, 0.1) is 5.82 Å². The molecular weight excluding hydrogens is 355 g/mol. The molecule has 0 aliphatic carbocycles. The summed E-state index contributed by atoms with van der Waals surface area (Å²) in [5.74, 6) is -0.477. The zero-order chi connectivity index (χ0) is 19.7. The molecule has 0 atom stereocenters. The lowest BCUT2D eigenvalue weighted by Crippen LogP contribution is -2.13. The van der Waals surface area contributed by atoms with E-state index in [0.717, 1.165) is 16.9 Å². The Morgan fingerprint density at radius 3 is 2.36 bits per heavy atom. The van der Waals surface area contributed by atoms with Gasteiger partial charge in [-0.15, -0.1) is 0 Å². The number of anilines is 2. The molecule has 4 rings (SSSR count). The first-order chi connectivity index (χ1) is 13.5. The number of amides is 1. The van der Waals surface area contributed by atoms with E-state index in [9.17, 15) is 9.18 Å². The Labute approximate surface area is 162 Å². The summed E-state index contributed by atoms with van der Waals surface area (Å²) >= 11 is 0. The summed E-state index contributed by atoms with van der Waals surface area (Å²) in [6.45, 7) is 0. The van der Waals surface area contributed by atoms with Crippen molar-refractivity contribution in [3.05, 3.63) is 84.4 Å². The molecule has 0 radical (unpaired) electrons. The van der Waals surface area contributed by atoms with E-state index in [1.165, 1.54) is 12.3 Å². The minimum atomic E-state index is -0.312. The molecule has 0 bridgehead atoms. The zero-order valence-corrected chi connectivity index (χ0v) is 15.6. The molecule has 140 valence electrons. The van der Waals surface area contributed by atoms with Crippen LogP contribution in [0.15, 0.2) is 73.1 Å². The number of imidazole rings is 1. The summed E-state index contributed by atoms with van der Waals surface area (Å²) in [6, 6.07) is 17.8. The molecule has 1 amide bonds. The molecule has 0 aliphatic rings. The van der Waals surface area contributed by atoms with Gasteiger partial charge in [0, 0.05) is 49.0 Å². The van der Waals surface area contributed by atoms with Crippen molar-refractivity contribution >= 4 is 22.9 Å². The molecule has 0 aliphatic heterocycles. The minimum absolute atomic E-state index is 0.165. The lowest BCUT2D eigenvalue weighted by molar-refractivity contribution is 0.102. The number of pyridine rings is 1. The van der Waals surface area contributed by atoms with Gasteiger partial charge in [0.25, 0.3) is 5.91 Å². The fourth-order valence-corrected chi connectivity index (χ4v) is 2.94. The van der Waals surface area contributed by atoms with Gasteiger partial charge in [0.2, 0.25) is 0 Å². The summed E-state index contributed by atoms with van der Waals surface area (Å²) in [5, 5.41) is 2.89. The second-order valence-electron chi connectivity index (χ2n) is 6.71. The van der Waals surface area contributed by atoms with Gasteiger partial charge in [-0.3, -0.25) is 4.79 Å². The van der Waals surface area contributed by atoms with E-state index in [2.05, 4.69) is 10.3 Å². The van der Waals surface area contributed by atoms with Gasteiger partial charge in [-0.25, -0.2) is 9.37 Å². The van der Waals surface area contributed by atoms with Gasteiger partial charge in [-0.1, -0.05) is 12.1 Å². The van der Waals surface area contributed by atoms with Gasteiger partial charge in [0.15, 0.2) is 0 Å². The fraction of sp³-hybridized carbons (Fsp3) is 0.0909. The SMILES string of the molecule is CN(C)c1ccc(C(=O)Nc2ccc(-c3cn4cc(F)ccc4n3)cc2)cc1. The third-order valence-electron chi connectivity index (χ3n) is 4.50. The largest absolute Gasteiger partial charge is 0.378 e. The maximum atomic E-state index is 13.3. The highest BCUT2D eigenvalue weighted by Gasteiger charge is 2.08. The number of benzene rings is 2. The number of halogens is 1. The second-order valence-corrected chi connectivity index (χ2v) is 6.71. The number of rotatable bonds is 4. The second kappa shape index (κ2) is 7.15. The maximum absolute atomic E-state index is 13.3. The van der Waals surface area contributed by atoms with E-state index in [1.807, 2.05) is 55.4 Å². The summed E-state index contributed by atoms with van der Waals surface area (Å²) in [7, 11) is 3.91. The summed E-state index contributed by atoms with van der Waals surface area (Å²) < 4.78 is 15.0. The third-order valence-corrected chi connectivity index (χ3v) is 4.50. The molecule has 0 spiro atoms. The highest BCUT2D eigenvalue weighted by molar-refractivity contribution is 6.04. The Hall–Kier alpha value is -3.67. The molecule has 2 aromatic heterocycles. The van der Waals surface area contributed by atoms with Crippen molar-refractivity contribution in [3.8, 4) is 11.3 Å². The lowest BCUT2D eigenvalue weighted by Gasteiger charge is -2.12. The highest BCUT2D eigenvalue weighted by Crippen LogP contribution is 2.22. The number of nitrogens with zero attached hydrogens (tertiary/aromatic N) is 3. The molecule has 0 saturated carbocycles. The van der Waals surface area contributed by atoms with Crippen molar-refractivity contribution in [1.29, 1.82) is 0 Å². The van der Waals surface area contributed by atoms with Crippen molar-refractivity contribution in [2.24, 2.45) is 0 Å². The monoisotopic (exact) mass is 374 g/mol. The summed E-state index contributed by atoms with van der Waals surface area (Å²) in [6.07, 6.45) is 3.17. The van der Waals surface area contributed by atoms with Crippen LogP contribution in [0.4, 0.5) is 15.8 Å². The molecule has 28 heavy (non-hydrogen) atoms. The first kappa shape index (κ1) is 17.7. The fourth-order valence-electron chi connectivity index (χ4n) is 2.94. The highest BCUT2D eigenvalue weighted by atomic mass is 19.1. The van der Waals surface area contributed by atoms with E-state index < -0.39 is 0 Å². The summed E-state index contributed by atoms with van der Waals surface area (Å²) in [4.78, 5) is 18.9. The van der Waals surface area contributed by atoms with Crippen LogP contribution in [-0.2, 0) is 0 Å². The molecule has 0 fully saturated rings. The number of hydrogen-bond donors (Lipinski definition) is 1. The van der Waals surface area contributed by atoms with E-state index >= 15 is 0 Å². The van der Waals surface area contributed by atoms with Crippen LogP contribution < -0.4 is 10.2 Å². The average molecular weight is 374 g/mol. The van der Waals surface area contributed by atoms with E-state index in [-0.39, 0.29) is 11.7 Å². The number of nitrogens with one attached hydrogen (secondary N) is 1. The Kier molecular flexibility index (Phi) is 4.53. The molecule has 5 nitrogen and oxygen atoms in total. The van der Waals surface area contributed by atoms with Crippen LogP contribution in [0.1, 0.15) is 10.4 Å². The van der Waals surface area contributed by atoms with E-state index in [4.69, 9.17) is 0 Å². The standard InChI is InChI=1S/C22H19FN4O/c1-26(2)19-10-5-16(6-11-19)22(28)24-18-8-3-15(4-9-18)20-14-27-13-17(23)7-12-21(27)25-20/h3-14H,1-2H3,(H,24,28). The molecule has 2 heterocycles. The van der Waals surface area contributed by atoms with Crippen LogP contribution in [-0.4, -0.2) is 29.4 Å². The predicted molar refractivity (Wildman–Crippen MR) is 109 cm³/mol. The topological polar surface area (TPSA) is 49.6 Å².